The highest BCUT2D eigenvalue weighted by Gasteiger charge is 2.18. The van der Waals surface area contributed by atoms with Crippen molar-refractivity contribution in [1.29, 1.82) is 0 Å². The van der Waals surface area contributed by atoms with E-state index in [4.69, 9.17) is 14.6 Å². The number of aromatic nitrogens is 1. The molecule has 0 unspecified atom stereocenters. The van der Waals surface area contributed by atoms with Gasteiger partial charge in [0.15, 0.2) is 21.9 Å². The summed E-state index contributed by atoms with van der Waals surface area (Å²) in [5.41, 5.74) is 3.83. The van der Waals surface area contributed by atoms with Gasteiger partial charge in [0.2, 0.25) is 0 Å². The quantitative estimate of drug-likeness (QED) is 0.295. The van der Waals surface area contributed by atoms with Gasteiger partial charge in [0.05, 0.1) is 29.3 Å². The van der Waals surface area contributed by atoms with E-state index in [9.17, 15) is 9.59 Å². The van der Waals surface area contributed by atoms with Gasteiger partial charge in [-0.15, -0.1) is 11.3 Å². The third kappa shape index (κ3) is 5.49. The summed E-state index contributed by atoms with van der Waals surface area (Å²) < 4.78 is 12.6. The molecule has 10 heteroatoms. The molecule has 0 saturated carbocycles. The maximum atomic E-state index is 12.1. The third-order valence-corrected chi connectivity index (χ3v) is 6.04. The van der Waals surface area contributed by atoms with E-state index in [1.54, 1.807) is 18.2 Å². The zero-order valence-electron chi connectivity index (χ0n) is 16.2. The molecule has 2 N–H and O–H groups in total. The molecule has 0 bridgehead atoms. The molecule has 1 atom stereocenters. The molecule has 30 heavy (non-hydrogen) atoms. The van der Waals surface area contributed by atoms with Crippen molar-refractivity contribution < 1.29 is 24.2 Å². The van der Waals surface area contributed by atoms with Crippen LogP contribution in [-0.4, -0.2) is 47.1 Å². The number of fused-ring (bicyclic) bond motifs is 1. The second kappa shape index (κ2) is 10.1. The maximum absolute atomic E-state index is 12.1. The molecule has 156 valence electrons. The lowest BCUT2D eigenvalue weighted by atomic mass is 10.2. The Morgan fingerprint density at radius 3 is 2.83 bits per heavy atom. The normalized spacial score (nSPS) is 12.1. The summed E-state index contributed by atoms with van der Waals surface area (Å²) >= 11 is 2.86. The van der Waals surface area contributed by atoms with Crippen LogP contribution in [0.25, 0.3) is 10.2 Å². The first kappa shape index (κ1) is 21.6. The number of rotatable bonds is 9. The Bertz CT molecular complexity index is 1050. The van der Waals surface area contributed by atoms with Gasteiger partial charge in [-0.3, -0.25) is 4.79 Å². The van der Waals surface area contributed by atoms with Gasteiger partial charge >= 0.3 is 5.97 Å². The molecule has 2 aromatic carbocycles. The van der Waals surface area contributed by atoms with Gasteiger partial charge < -0.3 is 14.6 Å². The van der Waals surface area contributed by atoms with Crippen molar-refractivity contribution in [3.05, 3.63) is 48.0 Å². The second-order valence-electron chi connectivity index (χ2n) is 6.01. The number of carbonyl (C=O) groups is 2. The SMILES string of the molecule is COc1cccc(/C=N/NC(=O)CSc2nc3ccccc3s2)c1O[C@@H](C)C(=O)O. The van der Waals surface area contributed by atoms with Crippen molar-refractivity contribution in [2.24, 2.45) is 5.10 Å². The second-order valence-corrected chi connectivity index (χ2v) is 8.26. The van der Waals surface area contributed by atoms with Gasteiger partial charge in [-0.2, -0.15) is 5.10 Å². The van der Waals surface area contributed by atoms with E-state index in [0.717, 1.165) is 14.6 Å². The summed E-state index contributed by atoms with van der Waals surface area (Å²) in [7, 11) is 1.45. The number of carboxylic acid groups (broad SMARTS) is 1. The van der Waals surface area contributed by atoms with Gasteiger partial charge in [0, 0.05) is 5.56 Å². The van der Waals surface area contributed by atoms with Crippen LogP contribution < -0.4 is 14.9 Å². The Kier molecular flexibility index (Phi) is 7.26. The van der Waals surface area contributed by atoms with Crippen molar-refractivity contribution in [3.63, 3.8) is 0 Å². The topological polar surface area (TPSA) is 110 Å². The Morgan fingerprint density at radius 1 is 1.30 bits per heavy atom. The molecule has 0 aliphatic carbocycles. The van der Waals surface area contributed by atoms with Crippen LogP contribution in [0.4, 0.5) is 0 Å². The minimum atomic E-state index is -1.11. The first-order valence-corrected chi connectivity index (χ1v) is 10.6. The molecule has 0 aliphatic heterocycles. The van der Waals surface area contributed by atoms with Crippen molar-refractivity contribution >= 4 is 51.4 Å². The fourth-order valence-electron chi connectivity index (χ4n) is 2.39. The Morgan fingerprint density at radius 2 is 2.10 bits per heavy atom. The smallest absolute Gasteiger partial charge is 0.344 e. The molecule has 1 heterocycles. The lowest BCUT2D eigenvalue weighted by Crippen LogP contribution is -2.24. The van der Waals surface area contributed by atoms with Gasteiger partial charge in [-0.1, -0.05) is 30.0 Å². The molecule has 0 radical (unpaired) electrons. The number of hydrazone groups is 1. The lowest BCUT2D eigenvalue weighted by Gasteiger charge is -2.15. The molecule has 0 saturated heterocycles. The fraction of sp³-hybridized carbons (Fsp3) is 0.200. The van der Waals surface area contributed by atoms with Crippen LogP contribution in [0.5, 0.6) is 11.5 Å². The number of thiazole rings is 1. The number of ether oxygens (including phenoxy) is 2. The minimum Gasteiger partial charge on any atom is -0.493 e. The molecule has 8 nitrogen and oxygen atoms in total. The highest BCUT2D eigenvalue weighted by molar-refractivity contribution is 8.01. The summed E-state index contributed by atoms with van der Waals surface area (Å²) in [6.45, 7) is 1.41. The van der Waals surface area contributed by atoms with Gasteiger partial charge in [0.25, 0.3) is 5.91 Å². The average Bonchev–Trinajstić information content (AvgIpc) is 3.16. The Hall–Kier alpha value is -3.11. The van der Waals surface area contributed by atoms with E-state index >= 15 is 0 Å². The van der Waals surface area contributed by atoms with Gasteiger partial charge in [-0.25, -0.2) is 15.2 Å². The maximum Gasteiger partial charge on any atom is 0.344 e. The number of methoxy groups -OCH3 is 1. The molecule has 1 aromatic heterocycles. The monoisotopic (exact) mass is 445 g/mol. The van der Waals surface area contributed by atoms with Crippen LogP contribution in [0.15, 0.2) is 51.9 Å². The number of hydrogen-bond donors (Lipinski definition) is 2. The fourth-order valence-corrected chi connectivity index (χ4v) is 4.26. The number of amides is 1. The van der Waals surface area contributed by atoms with Crippen LogP contribution in [0.2, 0.25) is 0 Å². The molecule has 0 aliphatic rings. The number of para-hydroxylation sites is 2. The predicted octanol–water partition coefficient (Wildman–Crippen LogP) is 3.40. The lowest BCUT2D eigenvalue weighted by molar-refractivity contribution is -0.144. The van der Waals surface area contributed by atoms with Crippen molar-refractivity contribution in [2.75, 3.05) is 12.9 Å². The van der Waals surface area contributed by atoms with E-state index in [0.29, 0.717) is 11.3 Å². The number of carboxylic acids is 1. The van der Waals surface area contributed by atoms with E-state index < -0.39 is 12.1 Å². The van der Waals surface area contributed by atoms with E-state index in [-0.39, 0.29) is 17.4 Å². The van der Waals surface area contributed by atoms with Crippen LogP contribution >= 0.6 is 23.1 Å². The summed E-state index contributed by atoms with van der Waals surface area (Å²) in [6, 6.07) is 12.8. The first-order valence-electron chi connectivity index (χ1n) is 8.84. The summed E-state index contributed by atoms with van der Waals surface area (Å²) in [5.74, 6) is -0.639. The number of benzene rings is 2. The highest BCUT2D eigenvalue weighted by atomic mass is 32.2. The zero-order chi connectivity index (χ0) is 21.5. The summed E-state index contributed by atoms with van der Waals surface area (Å²) in [6.07, 6.45) is 0.306. The van der Waals surface area contributed by atoms with Crippen molar-refractivity contribution in [2.45, 2.75) is 17.4 Å². The number of aliphatic carboxylic acids is 1. The number of thioether (sulfide) groups is 1. The number of nitrogens with one attached hydrogen (secondary N) is 1. The van der Waals surface area contributed by atoms with Gasteiger partial charge in [0.1, 0.15) is 0 Å². The average molecular weight is 446 g/mol. The summed E-state index contributed by atoms with van der Waals surface area (Å²) in [5, 5.41) is 13.0. The van der Waals surface area contributed by atoms with E-state index in [1.807, 2.05) is 24.3 Å². The Labute approximate surface area is 180 Å². The standard InChI is InChI=1S/C20H19N3O5S2/c1-12(19(25)26)28-18-13(6-5-8-15(18)27-2)10-21-23-17(24)11-29-20-22-14-7-3-4-9-16(14)30-20/h3-10,12H,11H2,1-2H3,(H,23,24)(H,25,26)/b21-10+/t12-/m0/s1. The molecular weight excluding hydrogens is 426 g/mol. The number of carbonyl (C=O) groups excluding carboxylic acids is 1. The van der Waals surface area contributed by atoms with Crippen LogP contribution in [0.1, 0.15) is 12.5 Å². The molecule has 3 aromatic rings. The van der Waals surface area contributed by atoms with Crippen molar-refractivity contribution in [1.82, 2.24) is 10.4 Å². The first-order chi connectivity index (χ1) is 14.5. The molecular formula is C20H19N3O5S2. The van der Waals surface area contributed by atoms with Crippen molar-refractivity contribution in [3.8, 4) is 11.5 Å². The molecule has 3 rings (SSSR count). The van der Waals surface area contributed by atoms with E-state index in [2.05, 4.69) is 15.5 Å². The number of hydrogen-bond acceptors (Lipinski definition) is 8. The Balaban J connectivity index is 1.61. The number of nitrogens with zero attached hydrogens (tertiary/aromatic N) is 2. The molecule has 0 fully saturated rings. The minimum absolute atomic E-state index is 0.161. The largest absolute Gasteiger partial charge is 0.493 e. The van der Waals surface area contributed by atoms with Crippen LogP contribution in [0.3, 0.4) is 0 Å². The third-order valence-electron chi connectivity index (χ3n) is 3.87. The predicted molar refractivity (Wildman–Crippen MR) is 117 cm³/mol. The molecule has 1 amide bonds. The van der Waals surface area contributed by atoms with Crippen LogP contribution in [0, 0.1) is 0 Å². The van der Waals surface area contributed by atoms with Gasteiger partial charge in [-0.05, 0) is 31.2 Å². The van der Waals surface area contributed by atoms with E-state index in [1.165, 1.54) is 43.3 Å². The highest BCUT2D eigenvalue weighted by Crippen LogP contribution is 2.31. The van der Waals surface area contributed by atoms with Crippen LogP contribution in [-0.2, 0) is 9.59 Å². The summed E-state index contributed by atoms with van der Waals surface area (Å²) in [4.78, 5) is 27.7. The molecule has 0 spiro atoms. The zero-order valence-corrected chi connectivity index (χ0v) is 17.8.